The fraction of sp³-hybridized carbons (Fsp3) is 0.154. The Morgan fingerprint density at radius 3 is 2.63 bits per heavy atom. The molecule has 100 valence electrons. The van der Waals surface area contributed by atoms with Gasteiger partial charge in [0, 0.05) is 4.47 Å². The minimum absolute atomic E-state index is 0.139. The van der Waals surface area contributed by atoms with Gasteiger partial charge < -0.3 is 10.1 Å². The molecule has 0 atom stereocenters. The van der Waals surface area contributed by atoms with Crippen LogP contribution < -0.4 is 10.1 Å². The average molecular weight is 405 g/mol. The van der Waals surface area contributed by atoms with E-state index in [1.165, 1.54) is 11.3 Å². The maximum atomic E-state index is 12.1. The second-order valence-corrected chi connectivity index (χ2v) is 7.24. The largest absolute Gasteiger partial charge is 0.495 e. The number of halogens is 2. The maximum absolute atomic E-state index is 12.1. The van der Waals surface area contributed by atoms with E-state index in [4.69, 9.17) is 4.74 Å². The van der Waals surface area contributed by atoms with Crippen LogP contribution in [0.15, 0.2) is 32.5 Å². The van der Waals surface area contributed by atoms with Crippen LogP contribution in [0.3, 0.4) is 0 Å². The van der Waals surface area contributed by atoms with Gasteiger partial charge in [0.2, 0.25) is 0 Å². The van der Waals surface area contributed by atoms with Crippen LogP contribution in [0.5, 0.6) is 5.75 Å². The van der Waals surface area contributed by atoms with Crippen LogP contribution in [-0.4, -0.2) is 13.0 Å². The van der Waals surface area contributed by atoms with Gasteiger partial charge in [-0.2, -0.15) is 0 Å². The van der Waals surface area contributed by atoms with E-state index >= 15 is 0 Å². The summed E-state index contributed by atoms with van der Waals surface area (Å²) in [7, 11) is 1.58. The van der Waals surface area contributed by atoms with Crippen LogP contribution in [-0.2, 0) is 0 Å². The minimum atomic E-state index is -0.139. The molecule has 0 bridgehead atoms. The van der Waals surface area contributed by atoms with E-state index in [0.29, 0.717) is 16.3 Å². The van der Waals surface area contributed by atoms with Gasteiger partial charge in [0.05, 0.1) is 21.5 Å². The number of methoxy groups -OCH3 is 1. The van der Waals surface area contributed by atoms with E-state index in [9.17, 15) is 4.79 Å². The summed E-state index contributed by atoms with van der Waals surface area (Å²) in [5, 5.41) is 2.89. The van der Waals surface area contributed by atoms with Gasteiger partial charge in [0.15, 0.2) is 0 Å². The molecule has 0 saturated heterocycles. The van der Waals surface area contributed by atoms with Gasteiger partial charge in [0.1, 0.15) is 5.75 Å². The predicted molar refractivity (Wildman–Crippen MR) is 85.4 cm³/mol. The maximum Gasteiger partial charge on any atom is 0.265 e. The summed E-state index contributed by atoms with van der Waals surface area (Å²) >= 11 is 8.14. The van der Waals surface area contributed by atoms with Gasteiger partial charge >= 0.3 is 0 Å². The number of rotatable bonds is 3. The third-order valence-corrected chi connectivity index (χ3v) is 4.60. The molecule has 0 fully saturated rings. The van der Waals surface area contributed by atoms with Crippen molar-refractivity contribution in [3.63, 3.8) is 0 Å². The number of hydrogen-bond acceptors (Lipinski definition) is 3. The lowest BCUT2D eigenvalue weighted by atomic mass is 10.2. The molecule has 2 aromatic rings. The van der Waals surface area contributed by atoms with Crippen LogP contribution in [0.2, 0.25) is 0 Å². The van der Waals surface area contributed by atoms with E-state index in [0.717, 1.165) is 13.8 Å². The van der Waals surface area contributed by atoms with Crippen LogP contribution in [0.4, 0.5) is 5.69 Å². The van der Waals surface area contributed by atoms with E-state index in [-0.39, 0.29) is 5.91 Å². The monoisotopic (exact) mass is 403 g/mol. The summed E-state index contributed by atoms with van der Waals surface area (Å²) in [5.41, 5.74) is 1.63. The minimum Gasteiger partial charge on any atom is -0.495 e. The van der Waals surface area contributed by atoms with Crippen molar-refractivity contribution in [2.75, 3.05) is 12.4 Å². The van der Waals surface area contributed by atoms with E-state index in [2.05, 4.69) is 37.2 Å². The number of aryl methyl sites for hydroxylation is 1. The second-order valence-electron chi connectivity index (χ2n) is 3.86. The smallest absolute Gasteiger partial charge is 0.265 e. The Hall–Kier alpha value is -0.850. The molecule has 0 unspecified atom stereocenters. The highest BCUT2D eigenvalue weighted by molar-refractivity contribution is 9.11. The van der Waals surface area contributed by atoms with Gasteiger partial charge in [-0.05, 0) is 52.7 Å². The molecule has 1 N–H and O–H groups in total. The molecule has 0 aliphatic heterocycles. The van der Waals surface area contributed by atoms with Gasteiger partial charge in [0.25, 0.3) is 5.91 Å². The summed E-state index contributed by atoms with van der Waals surface area (Å²) < 4.78 is 7.14. The van der Waals surface area contributed by atoms with Gasteiger partial charge in [-0.1, -0.05) is 15.9 Å². The Labute approximate surface area is 132 Å². The van der Waals surface area contributed by atoms with Gasteiger partial charge in [-0.25, -0.2) is 0 Å². The third kappa shape index (κ3) is 3.38. The van der Waals surface area contributed by atoms with Crippen molar-refractivity contribution in [3.8, 4) is 5.75 Å². The number of ether oxygens (including phenoxy) is 1. The highest BCUT2D eigenvalue weighted by atomic mass is 79.9. The molecular formula is C13H11Br2NO2S. The van der Waals surface area contributed by atoms with Gasteiger partial charge in [-0.3, -0.25) is 4.79 Å². The molecule has 3 nitrogen and oxygen atoms in total. The van der Waals surface area contributed by atoms with Crippen molar-refractivity contribution in [3.05, 3.63) is 43.0 Å². The molecule has 1 amide bonds. The topological polar surface area (TPSA) is 38.3 Å². The molecule has 0 aliphatic carbocycles. The Morgan fingerprint density at radius 1 is 1.32 bits per heavy atom. The predicted octanol–water partition coefficient (Wildman–Crippen LogP) is 4.84. The van der Waals surface area contributed by atoms with E-state index in [1.807, 2.05) is 25.1 Å². The fourth-order valence-corrected chi connectivity index (χ4v) is 3.48. The summed E-state index contributed by atoms with van der Waals surface area (Å²) in [6.45, 7) is 1.92. The van der Waals surface area contributed by atoms with Gasteiger partial charge in [-0.15, -0.1) is 11.3 Å². The summed E-state index contributed by atoms with van der Waals surface area (Å²) in [6, 6.07) is 7.39. The Kier molecular flexibility index (Phi) is 4.65. The lowest BCUT2D eigenvalue weighted by Crippen LogP contribution is -2.12. The normalized spacial score (nSPS) is 10.3. The quantitative estimate of drug-likeness (QED) is 0.794. The standard InChI is InChI=1S/C13H11Br2NO2S/c1-7-5-8(14)6-9(18-2)12(7)16-13(17)10-3-4-11(15)19-10/h3-6H,1-2H3,(H,16,17). The van der Waals surface area contributed by atoms with Crippen LogP contribution in [0.25, 0.3) is 0 Å². The highest BCUT2D eigenvalue weighted by Crippen LogP contribution is 2.33. The number of nitrogens with one attached hydrogen (secondary N) is 1. The SMILES string of the molecule is COc1cc(Br)cc(C)c1NC(=O)c1ccc(Br)s1. The average Bonchev–Trinajstić information content (AvgIpc) is 2.78. The number of carbonyl (C=O) groups excluding carboxylic acids is 1. The molecule has 0 spiro atoms. The first-order valence-electron chi connectivity index (χ1n) is 5.42. The number of hydrogen-bond donors (Lipinski definition) is 1. The molecule has 6 heteroatoms. The van der Waals surface area contributed by atoms with Crippen LogP contribution in [0, 0.1) is 6.92 Å². The van der Waals surface area contributed by atoms with Crippen molar-refractivity contribution in [2.45, 2.75) is 6.92 Å². The number of anilines is 1. The number of carbonyl (C=O) groups is 1. The van der Waals surface area contributed by atoms with E-state index in [1.54, 1.807) is 13.2 Å². The Bertz CT molecular complexity index is 625. The molecule has 1 heterocycles. The lowest BCUT2D eigenvalue weighted by Gasteiger charge is -2.13. The van der Waals surface area contributed by atoms with Crippen LogP contribution in [0.1, 0.15) is 15.2 Å². The zero-order chi connectivity index (χ0) is 14.0. The molecular weight excluding hydrogens is 394 g/mol. The van der Waals surface area contributed by atoms with Crippen molar-refractivity contribution >= 4 is 54.8 Å². The zero-order valence-electron chi connectivity index (χ0n) is 10.3. The molecule has 2 rings (SSSR count). The molecule has 0 radical (unpaired) electrons. The number of benzene rings is 1. The van der Waals surface area contributed by atoms with Crippen molar-refractivity contribution < 1.29 is 9.53 Å². The van der Waals surface area contributed by atoms with Crippen molar-refractivity contribution in [2.24, 2.45) is 0 Å². The Balaban J connectivity index is 2.31. The third-order valence-electron chi connectivity index (χ3n) is 2.52. The first-order valence-corrected chi connectivity index (χ1v) is 7.82. The first kappa shape index (κ1) is 14.6. The first-order chi connectivity index (χ1) is 9.01. The molecule has 0 aliphatic rings. The number of thiophene rings is 1. The summed E-state index contributed by atoms with van der Waals surface area (Å²) in [5.74, 6) is 0.496. The van der Waals surface area contributed by atoms with Crippen LogP contribution >= 0.6 is 43.2 Å². The molecule has 0 saturated carbocycles. The number of amides is 1. The fourth-order valence-electron chi connectivity index (χ4n) is 1.65. The van der Waals surface area contributed by atoms with Crippen molar-refractivity contribution in [1.29, 1.82) is 0 Å². The summed E-state index contributed by atoms with van der Waals surface area (Å²) in [6.07, 6.45) is 0. The molecule has 1 aromatic carbocycles. The zero-order valence-corrected chi connectivity index (χ0v) is 14.3. The Morgan fingerprint density at radius 2 is 2.05 bits per heavy atom. The molecule has 1 aromatic heterocycles. The summed E-state index contributed by atoms with van der Waals surface area (Å²) in [4.78, 5) is 12.8. The highest BCUT2D eigenvalue weighted by Gasteiger charge is 2.14. The molecule has 19 heavy (non-hydrogen) atoms. The lowest BCUT2D eigenvalue weighted by molar-refractivity contribution is 0.103. The van der Waals surface area contributed by atoms with E-state index < -0.39 is 0 Å². The second kappa shape index (κ2) is 6.07. The van der Waals surface area contributed by atoms with Crippen molar-refractivity contribution in [1.82, 2.24) is 0 Å².